The van der Waals surface area contributed by atoms with Crippen molar-refractivity contribution in [1.29, 1.82) is 0 Å². The summed E-state index contributed by atoms with van der Waals surface area (Å²) in [7, 11) is 0. The zero-order chi connectivity index (χ0) is 13.2. The first kappa shape index (κ1) is 11.9. The van der Waals surface area contributed by atoms with Crippen molar-refractivity contribution in [3.8, 4) is 17.1 Å². The number of aromatic amines is 1. The van der Waals surface area contributed by atoms with Crippen LogP contribution in [0.2, 0.25) is 0 Å². The molecule has 3 rings (SSSR count). The van der Waals surface area contributed by atoms with Gasteiger partial charge in [0.2, 0.25) is 0 Å². The third-order valence-electron chi connectivity index (χ3n) is 2.77. The van der Waals surface area contributed by atoms with E-state index in [1.165, 1.54) is 4.68 Å². The minimum Gasteiger partial charge on any atom is -0.288 e. The van der Waals surface area contributed by atoms with E-state index in [0.717, 1.165) is 11.3 Å². The summed E-state index contributed by atoms with van der Waals surface area (Å²) in [4.78, 5) is 16.4. The minimum atomic E-state index is -0.155. The van der Waals surface area contributed by atoms with Crippen molar-refractivity contribution in [2.24, 2.45) is 0 Å². The summed E-state index contributed by atoms with van der Waals surface area (Å²) in [6.45, 7) is 0. The lowest BCUT2D eigenvalue weighted by Crippen LogP contribution is -2.15. The van der Waals surface area contributed by atoms with E-state index in [1.54, 1.807) is 12.3 Å². The predicted octanol–water partition coefficient (Wildman–Crippen LogP) is 2.99. The summed E-state index contributed by atoms with van der Waals surface area (Å²) in [6, 6.07) is 15.1. The molecule has 3 aromatic rings. The Bertz CT molecular complexity index is 747. The lowest BCUT2D eigenvalue weighted by molar-refractivity contribution is 0.821. The van der Waals surface area contributed by atoms with Crippen molar-refractivity contribution in [3.63, 3.8) is 0 Å². The summed E-state index contributed by atoms with van der Waals surface area (Å²) >= 11 is 3.34. The highest BCUT2D eigenvalue weighted by molar-refractivity contribution is 9.10. The maximum atomic E-state index is 12.2. The topological polar surface area (TPSA) is 50.7 Å². The molecular weight excluding hydrogens is 306 g/mol. The number of hydrogen-bond acceptors (Lipinski definition) is 2. The van der Waals surface area contributed by atoms with E-state index in [1.807, 2.05) is 42.5 Å². The van der Waals surface area contributed by atoms with Crippen LogP contribution in [0.4, 0.5) is 0 Å². The number of aromatic nitrogens is 3. The molecule has 0 spiro atoms. The monoisotopic (exact) mass is 315 g/mol. The molecule has 2 aromatic heterocycles. The molecule has 0 radical (unpaired) electrons. The molecule has 0 aliphatic carbocycles. The van der Waals surface area contributed by atoms with Crippen molar-refractivity contribution >= 4 is 15.9 Å². The Morgan fingerprint density at radius 3 is 2.47 bits per heavy atom. The fraction of sp³-hybridized carbons (Fsp3) is 0. The highest BCUT2D eigenvalue weighted by atomic mass is 79.9. The molecule has 5 heteroatoms. The SMILES string of the molecule is O=c1c(Br)c(-c2ccccc2)[nH]n1-c1ccccn1. The molecular formula is C14H10BrN3O. The first-order valence-corrected chi connectivity index (χ1v) is 6.54. The minimum absolute atomic E-state index is 0.155. The summed E-state index contributed by atoms with van der Waals surface area (Å²) in [5, 5.41) is 3.08. The average Bonchev–Trinajstić information content (AvgIpc) is 2.77. The fourth-order valence-electron chi connectivity index (χ4n) is 1.86. The number of halogens is 1. The van der Waals surface area contributed by atoms with Gasteiger partial charge in [-0.2, -0.15) is 0 Å². The predicted molar refractivity (Wildman–Crippen MR) is 77.3 cm³/mol. The first-order valence-electron chi connectivity index (χ1n) is 5.75. The van der Waals surface area contributed by atoms with Crippen LogP contribution in [-0.2, 0) is 0 Å². The van der Waals surface area contributed by atoms with E-state index in [0.29, 0.717) is 10.3 Å². The molecule has 2 heterocycles. The average molecular weight is 316 g/mol. The van der Waals surface area contributed by atoms with Crippen LogP contribution in [0.25, 0.3) is 17.1 Å². The highest BCUT2D eigenvalue weighted by Gasteiger charge is 2.14. The highest BCUT2D eigenvalue weighted by Crippen LogP contribution is 2.23. The van der Waals surface area contributed by atoms with Gasteiger partial charge in [0.05, 0.1) is 5.69 Å². The number of pyridine rings is 1. The quantitative estimate of drug-likeness (QED) is 0.790. The maximum Gasteiger partial charge on any atom is 0.287 e. The number of nitrogens with zero attached hydrogens (tertiary/aromatic N) is 2. The van der Waals surface area contributed by atoms with E-state index < -0.39 is 0 Å². The summed E-state index contributed by atoms with van der Waals surface area (Å²) in [5.74, 6) is 0.565. The van der Waals surface area contributed by atoms with Gasteiger partial charge in [0.1, 0.15) is 4.47 Å². The molecule has 0 aliphatic rings. The Balaban J connectivity index is 2.19. The number of H-pyrrole nitrogens is 1. The zero-order valence-electron chi connectivity index (χ0n) is 9.88. The molecule has 0 bridgehead atoms. The van der Waals surface area contributed by atoms with E-state index in [2.05, 4.69) is 26.0 Å². The lowest BCUT2D eigenvalue weighted by atomic mass is 10.2. The molecule has 0 atom stereocenters. The number of hydrogen-bond donors (Lipinski definition) is 1. The van der Waals surface area contributed by atoms with Crippen molar-refractivity contribution in [2.75, 3.05) is 0 Å². The smallest absolute Gasteiger partial charge is 0.287 e. The van der Waals surface area contributed by atoms with Crippen LogP contribution < -0.4 is 5.56 Å². The van der Waals surface area contributed by atoms with Crippen molar-refractivity contribution < 1.29 is 0 Å². The second-order valence-electron chi connectivity index (χ2n) is 4.00. The fourth-order valence-corrected chi connectivity index (χ4v) is 2.36. The van der Waals surface area contributed by atoms with E-state index >= 15 is 0 Å². The first-order chi connectivity index (χ1) is 9.27. The maximum absolute atomic E-state index is 12.2. The Morgan fingerprint density at radius 2 is 1.79 bits per heavy atom. The van der Waals surface area contributed by atoms with Crippen LogP contribution in [0, 0.1) is 0 Å². The third kappa shape index (κ3) is 2.13. The van der Waals surface area contributed by atoms with Gasteiger partial charge in [-0.3, -0.25) is 9.89 Å². The van der Waals surface area contributed by atoms with Gasteiger partial charge in [-0.1, -0.05) is 36.4 Å². The summed E-state index contributed by atoms with van der Waals surface area (Å²) < 4.78 is 1.93. The van der Waals surface area contributed by atoms with Gasteiger partial charge in [-0.05, 0) is 28.1 Å². The van der Waals surface area contributed by atoms with Crippen LogP contribution in [0.15, 0.2) is 64.0 Å². The molecule has 19 heavy (non-hydrogen) atoms. The molecule has 0 saturated carbocycles. The van der Waals surface area contributed by atoms with Crippen LogP contribution in [0.5, 0.6) is 0 Å². The second-order valence-corrected chi connectivity index (χ2v) is 4.79. The van der Waals surface area contributed by atoms with Crippen molar-refractivity contribution in [1.82, 2.24) is 14.8 Å². The van der Waals surface area contributed by atoms with E-state index in [-0.39, 0.29) is 5.56 Å². The van der Waals surface area contributed by atoms with Gasteiger partial charge in [-0.15, -0.1) is 0 Å². The molecule has 4 nitrogen and oxygen atoms in total. The van der Waals surface area contributed by atoms with Crippen LogP contribution in [-0.4, -0.2) is 14.8 Å². The van der Waals surface area contributed by atoms with Crippen LogP contribution >= 0.6 is 15.9 Å². The van der Waals surface area contributed by atoms with Crippen molar-refractivity contribution in [3.05, 3.63) is 69.6 Å². The van der Waals surface area contributed by atoms with Gasteiger partial charge in [0.25, 0.3) is 5.56 Å². The van der Waals surface area contributed by atoms with Crippen LogP contribution in [0.1, 0.15) is 0 Å². The van der Waals surface area contributed by atoms with Gasteiger partial charge in [0.15, 0.2) is 5.82 Å². The molecule has 0 saturated heterocycles. The molecule has 0 amide bonds. The standard InChI is InChI=1S/C14H10BrN3O/c15-12-13(10-6-2-1-3-7-10)17-18(14(12)19)11-8-4-5-9-16-11/h1-9,17H. The summed E-state index contributed by atoms with van der Waals surface area (Å²) in [6.07, 6.45) is 1.65. The number of rotatable bonds is 2. The molecule has 0 fully saturated rings. The Labute approximate surface area is 117 Å². The Hall–Kier alpha value is -2.14. The molecule has 1 aromatic carbocycles. The van der Waals surface area contributed by atoms with Gasteiger partial charge in [-0.25, -0.2) is 9.67 Å². The number of benzene rings is 1. The van der Waals surface area contributed by atoms with Crippen LogP contribution in [0.3, 0.4) is 0 Å². The third-order valence-corrected chi connectivity index (χ3v) is 3.51. The van der Waals surface area contributed by atoms with E-state index in [4.69, 9.17) is 0 Å². The molecule has 0 aliphatic heterocycles. The van der Waals surface area contributed by atoms with Gasteiger partial charge in [0, 0.05) is 11.8 Å². The Kier molecular flexibility index (Phi) is 3.05. The molecule has 94 valence electrons. The number of nitrogens with one attached hydrogen (secondary N) is 1. The molecule has 1 N–H and O–H groups in total. The Morgan fingerprint density at radius 1 is 1.05 bits per heavy atom. The van der Waals surface area contributed by atoms with Gasteiger partial charge < -0.3 is 0 Å². The van der Waals surface area contributed by atoms with Crippen molar-refractivity contribution in [2.45, 2.75) is 0 Å². The normalized spacial score (nSPS) is 10.6. The summed E-state index contributed by atoms with van der Waals surface area (Å²) in [5.41, 5.74) is 1.54. The van der Waals surface area contributed by atoms with Gasteiger partial charge >= 0.3 is 0 Å². The largest absolute Gasteiger partial charge is 0.288 e. The zero-order valence-corrected chi connectivity index (χ0v) is 11.5. The molecule has 0 unspecified atom stereocenters. The van der Waals surface area contributed by atoms with E-state index in [9.17, 15) is 4.79 Å². The lowest BCUT2D eigenvalue weighted by Gasteiger charge is -2.00. The second kappa shape index (κ2) is 4.85.